The fourth-order valence-electron chi connectivity index (χ4n) is 2.49. The van der Waals surface area contributed by atoms with Gasteiger partial charge in [-0.15, -0.1) is 11.3 Å². The minimum Gasteiger partial charge on any atom is -0.462 e. The number of nitrogens with one attached hydrogen (secondary N) is 1. The number of thiophene rings is 1. The molecule has 0 unspecified atom stereocenters. The number of hydrogen-bond acceptors (Lipinski definition) is 9. The van der Waals surface area contributed by atoms with Crippen LogP contribution in [0.1, 0.15) is 38.1 Å². The van der Waals surface area contributed by atoms with Crippen molar-refractivity contribution < 1.29 is 28.3 Å². The first-order valence-electron chi connectivity index (χ1n) is 8.45. The second kappa shape index (κ2) is 8.53. The van der Waals surface area contributed by atoms with Crippen LogP contribution in [0, 0.1) is 18.3 Å². The van der Waals surface area contributed by atoms with Crippen LogP contribution < -0.4 is 5.32 Å². The SMILES string of the molecule is CCOC(=O)c1sc(NC(=O)COC(=O)c2ccc3ocnc3c2)c(C#N)c1C. The van der Waals surface area contributed by atoms with Crippen LogP contribution in [0.2, 0.25) is 0 Å². The first-order valence-corrected chi connectivity index (χ1v) is 9.27. The average Bonchev–Trinajstić information content (AvgIpc) is 3.29. The second-order valence-corrected chi connectivity index (χ2v) is 6.77. The van der Waals surface area contributed by atoms with Gasteiger partial charge in [0.2, 0.25) is 0 Å². The van der Waals surface area contributed by atoms with Gasteiger partial charge < -0.3 is 19.2 Å². The Hall–Kier alpha value is -3.71. The first kappa shape index (κ1) is 20.0. The standard InChI is InChI=1S/C19H15N3O6S/c1-3-26-19(25)16-10(2)12(7-20)17(29-16)22-15(23)8-27-18(24)11-4-5-14-13(6-11)21-9-28-14/h4-6,9H,3,8H2,1-2H3,(H,22,23). The Bertz CT molecular complexity index is 1140. The molecule has 0 spiro atoms. The molecule has 1 aromatic carbocycles. The molecule has 1 amide bonds. The lowest BCUT2D eigenvalue weighted by molar-refractivity contribution is -0.119. The minimum absolute atomic E-state index is 0.161. The zero-order valence-electron chi connectivity index (χ0n) is 15.5. The van der Waals surface area contributed by atoms with Gasteiger partial charge in [0.1, 0.15) is 21.5 Å². The van der Waals surface area contributed by atoms with Crippen LogP contribution >= 0.6 is 11.3 Å². The van der Waals surface area contributed by atoms with Crippen LogP contribution in [0.3, 0.4) is 0 Å². The van der Waals surface area contributed by atoms with Gasteiger partial charge in [-0.3, -0.25) is 4.79 Å². The fraction of sp³-hybridized carbons (Fsp3) is 0.211. The van der Waals surface area contributed by atoms with Crippen molar-refractivity contribution in [2.45, 2.75) is 13.8 Å². The summed E-state index contributed by atoms with van der Waals surface area (Å²) < 4.78 is 15.0. The van der Waals surface area contributed by atoms with Crippen molar-refractivity contribution in [1.29, 1.82) is 5.26 Å². The largest absolute Gasteiger partial charge is 0.462 e. The Morgan fingerprint density at radius 1 is 1.28 bits per heavy atom. The number of nitriles is 1. The van der Waals surface area contributed by atoms with Crippen molar-refractivity contribution in [3.8, 4) is 6.07 Å². The Kier molecular flexibility index (Phi) is 5.90. The highest BCUT2D eigenvalue weighted by Crippen LogP contribution is 2.33. The van der Waals surface area contributed by atoms with Gasteiger partial charge in [0.05, 0.1) is 17.7 Å². The molecule has 0 fully saturated rings. The van der Waals surface area contributed by atoms with Crippen LogP contribution in [0.5, 0.6) is 0 Å². The summed E-state index contributed by atoms with van der Waals surface area (Å²) in [5, 5.41) is 12.0. The summed E-state index contributed by atoms with van der Waals surface area (Å²) in [4.78, 5) is 40.5. The number of oxazole rings is 1. The predicted octanol–water partition coefficient (Wildman–Crippen LogP) is 3.04. The van der Waals surface area contributed by atoms with Crippen LogP contribution in [0.15, 0.2) is 29.0 Å². The number of rotatable bonds is 6. The van der Waals surface area contributed by atoms with E-state index in [4.69, 9.17) is 13.9 Å². The van der Waals surface area contributed by atoms with Gasteiger partial charge in [-0.2, -0.15) is 5.26 Å². The van der Waals surface area contributed by atoms with Gasteiger partial charge in [0, 0.05) is 0 Å². The van der Waals surface area contributed by atoms with E-state index in [1.165, 1.54) is 18.5 Å². The van der Waals surface area contributed by atoms with E-state index in [2.05, 4.69) is 10.3 Å². The lowest BCUT2D eigenvalue weighted by Gasteiger charge is -2.05. The molecule has 2 heterocycles. The molecule has 0 saturated heterocycles. The summed E-state index contributed by atoms with van der Waals surface area (Å²) >= 11 is 0.932. The maximum absolute atomic E-state index is 12.2. The van der Waals surface area contributed by atoms with Gasteiger partial charge >= 0.3 is 11.9 Å². The molecule has 9 nitrogen and oxygen atoms in total. The minimum atomic E-state index is -0.708. The molecule has 29 heavy (non-hydrogen) atoms. The van der Waals surface area contributed by atoms with Crippen molar-refractivity contribution in [1.82, 2.24) is 4.98 Å². The molecule has 2 aromatic heterocycles. The monoisotopic (exact) mass is 413 g/mol. The number of carbonyl (C=O) groups excluding carboxylic acids is 3. The van der Waals surface area contributed by atoms with Crippen molar-refractivity contribution in [3.05, 3.63) is 46.2 Å². The third kappa shape index (κ3) is 4.25. The Morgan fingerprint density at radius 2 is 2.07 bits per heavy atom. The third-order valence-corrected chi connectivity index (χ3v) is 5.06. The summed E-state index contributed by atoms with van der Waals surface area (Å²) in [5.74, 6) is -1.92. The molecule has 0 bridgehead atoms. The lowest BCUT2D eigenvalue weighted by Crippen LogP contribution is -2.20. The van der Waals surface area contributed by atoms with E-state index in [-0.39, 0.29) is 27.6 Å². The van der Waals surface area contributed by atoms with Crippen LogP contribution in [0.25, 0.3) is 11.1 Å². The second-order valence-electron chi connectivity index (χ2n) is 5.75. The van der Waals surface area contributed by atoms with E-state index in [0.29, 0.717) is 16.7 Å². The van der Waals surface area contributed by atoms with Gasteiger partial charge in [0.25, 0.3) is 5.91 Å². The molecule has 3 rings (SSSR count). The van der Waals surface area contributed by atoms with E-state index >= 15 is 0 Å². The van der Waals surface area contributed by atoms with Crippen molar-refractivity contribution >= 4 is 45.3 Å². The van der Waals surface area contributed by atoms with Crippen LogP contribution in [0.4, 0.5) is 5.00 Å². The normalized spacial score (nSPS) is 10.4. The summed E-state index contributed by atoms with van der Waals surface area (Å²) in [5.41, 5.74) is 1.81. The Labute approximate surface area is 168 Å². The summed E-state index contributed by atoms with van der Waals surface area (Å²) in [6.07, 6.45) is 1.26. The molecule has 0 aliphatic heterocycles. The molecule has 0 saturated carbocycles. The molecule has 1 N–H and O–H groups in total. The predicted molar refractivity (Wildman–Crippen MR) is 103 cm³/mol. The maximum Gasteiger partial charge on any atom is 0.348 e. The molecule has 0 atom stereocenters. The number of hydrogen-bond donors (Lipinski definition) is 1. The number of anilines is 1. The van der Waals surface area contributed by atoms with Gasteiger partial charge in [-0.25, -0.2) is 14.6 Å². The highest BCUT2D eigenvalue weighted by atomic mass is 32.1. The highest BCUT2D eigenvalue weighted by Gasteiger charge is 2.22. The van der Waals surface area contributed by atoms with E-state index in [9.17, 15) is 19.6 Å². The molecule has 3 aromatic rings. The first-order chi connectivity index (χ1) is 13.9. The van der Waals surface area contributed by atoms with Crippen molar-refractivity contribution in [2.24, 2.45) is 0 Å². The van der Waals surface area contributed by atoms with Gasteiger partial charge in [-0.05, 0) is 37.6 Å². The quantitative estimate of drug-likeness (QED) is 0.610. The number of fused-ring (bicyclic) bond motifs is 1. The molecule has 0 aliphatic rings. The molecule has 0 aliphatic carbocycles. The number of esters is 2. The number of benzene rings is 1. The third-order valence-electron chi connectivity index (χ3n) is 3.87. The Balaban J connectivity index is 1.66. The van der Waals surface area contributed by atoms with Crippen LogP contribution in [-0.2, 0) is 14.3 Å². The number of ether oxygens (including phenoxy) is 2. The smallest absolute Gasteiger partial charge is 0.348 e. The van der Waals surface area contributed by atoms with E-state index < -0.39 is 24.5 Å². The summed E-state index contributed by atoms with van der Waals surface area (Å²) in [6, 6.07) is 6.51. The number of carbonyl (C=O) groups is 3. The van der Waals surface area contributed by atoms with Crippen LogP contribution in [-0.4, -0.2) is 36.0 Å². The van der Waals surface area contributed by atoms with Gasteiger partial charge in [-0.1, -0.05) is 0 Å². The van der Waals surface area contributed by atoms with Crippen molar-refractivity contribution in [2.75, 3.05) is 18.5 Å². The molecular weight excluding hydrogens is 398 g/mol. The number of aromatic nitrogens is 1. The number of amides is 1. The van der Waals surface area contributed by atoms with E-state index in [1.54, 1.807) is 19.9 Å². The number of nitrogens with zero attached hydrogens (tertiary/aromatic N) is 2. The molecular formula is C19H15N3O6S. The zero-order valence-corrected chi connectivity index (χ0v) is 16.3. The lowest BCUT2D eigenvalue weighted by atomic mass is 10.2. The highest BCUT2D eigenvalue weighted by molar-refractivity contribution is 7.18. The van der Waals surface area contributed by atoms with E-state index in [0.717, 1.165) is 11.3 Å². The molecule has 0 radical (unpaired) electrons. The van der Waals surface area contributed by atoms with Gasteiger partial charge in [0.15, 0.2) is 18.6 Å². The average molecular weight is 413 g/mol. The van der Waals surface area contributed by atoms with Crippen molar-refractivity contribution in [3.63, 3.8) is 0 Å². The molecule has 148 valence electrons. The summed E-state index contributed by atoms with van der Waals surface area (Å²) in [7, 11) is 0. The Morgan fingerprint density at radius 3 is 2.79 bits per heavy atom. The fourth-order valence-corrected chi connectivity index (χ4v) is 3.56. The zero-order chi connectivity index (χ0) is 21.0. The van der Waals surface area contributed by atoms with E-state index in [1.807, 2.05) is 6.07 Å². The maximum atomic E-state index is 12.2. The molecule has 10 heteroatoms. The topological polar surface area (TPSA) is 132 Å². The summed E-state index contributed by atoms with van der Waals surface area (Å²) in [6.45, 7) is 2.89.